The second-order valence-electron chi connectivity index (χ2n) is 7.88. The van der Waals surface area contributed by atoms with Crippen LogP contribution in [0, 0.1) is 0 Å². The number of nitrogens with zero attached hydrogens (tertiary/aromatic N) is 2. The molecule has 0 radical (unpaired) electrons. The van der Waals surface area contributed by atoms with Crippen LogP contribution in [0.25, 0.3) is 0 Å². The van der Waals surface area contributed by atoms with Gasteiger partial charge in [0.05, 0.1) is 0 Å². The first-order valence-corrected chi connectivity index (χ1v) is 9.81. The van der Waals surface area contributed by atoms with Gasteiger partial charge in [0, 0.05) is 32.2 Å². The van der Waals surface area contributed by atoms with Gasteiger partial charge in [-0.3, -0.25) is 4.79 Å². The quantitative estimate of drug-likeness (QED) is 0.851. The van der Waals surface area contributed by atoms with E-state index in [1.54, 1.807) is 4.90 Å². The van der Waals surface area contributed by atoms with Crippen molar-refractivity contribution in [3.05, 3.63) is 70.8 Å². The van der Waals surface area contributed by atoms with Crippen LogP contribution >= 0.6 is 0 Å². The molecule has 4 heteroatoms. The van der Waals surface area contributed by atoms with Crippen molar-refractivity contribution in [2.24, 2.45) is 0 Å². The zero-order valence-electron chi connectivity index (χ0n) is 16.7. The smallest absolute Gasteiger partial charge is 0.253 e. The fraction of sp³-hybridized carbons (Fsp3) is 0.435. The van der Waals surface area contributed by atoms with Crippen LogP contribution in [0.5, 0.6) is 0 Å². The Morgan fingerprint density at radius 1 is 0.963 bits per heavy atom. The number of piperidine rings is 1. The van der Waals surface area contributed by atoms with E-state index in [1.165, 1.54) is 24.0 Å². The van der Waals surface area contributed by atoms with Crippen molar-refractivity contribution in [1.29, 1.82) is 0 Å². The number of amides is 1. The van der Waals surface area contributed by atoms with E-state index < -0.39 is 0 Å². The highest BCUT2D eigenvalue weighted by atomic mass is 16.2. The molecule has 1 heterocycles. The van der Waals surface area contributed by atoms with Crippen molar-refractivity contribution >= 4 is 5.91 Å². The maximum absolute atomic E-state index is 12.8. The summed E-state index contributed by atoms with van der Waals surface area (Å²) >= 11 is 0. The molecule has 1 amide bonds. The lowest BCUT2D eigenvalue weighted by molar-refractivity contribution is 0.0785. The van der Waals surface area contributed by atoms with Crippen molar-refractivity contribution in [1.82, 2.24) is 15.1 Å². The van der Waals surface area contributed by atoms with Crippen LogP contribution in [0.2, 0.25) is 0 Å². The highest BCUT2D eigenvalue weighted by Crippen LogP contribution is 2.23. The number of hydrogen-bond acceptors (Lipinski definition) is 3. The van der Waals surface area contributed by atoms with Crippen LogP contribution in [0.1, 0.15) is 45.8 Å². The van der Waals surface area contributed by atoms with Gasteiger partial charge in [-0.15, -0.1) is 0 Å². The molecule has 144 valence electrons. The summed E-state index contributed by atoms with van der Waals surface area (Å²) in [6, 6.07) is 16.7. The summed E-state index contributed by atoms with van der Waals surface area (Å²) in [5, 5.41) is 3.45. The van der Waals surface area contributed by atoms with Crippen LogP contribution in [0.4, 0.5) is 0 Å². The van der Waals surface area contributed by atoms with Crippen LogP contribution in [0.15, 0.2) is 48.5 Å². The van der Waals surface area contributed by atoms with E-state index in [0.29, 0.717) is 12.5 Å². The van der Waals surface area contributed by atoms with Crippen LogP contribution in [-0.4, -0.2) is 49.9 Å². The van der Waals surface area contributed by atoms with Crippen molar-refractivity contribution in [2.75, 3.05) is 34.2 Å². The summed E-state index contributed by atoms with van der Waals surface area (Å²) in [4.78, 5) is 16.7. The summed E-state index contributed by atoms with van der Waals surface area (Å²) in [5.41, 5.74) is 4.52. The van der Waals surface area contributed by atoms with E-state index in [2.05, 4.69) is 60.7 Å². The van der Waals surface area contributed by atoms with Gasteiger partial charge in [-0.05, 0) is 68.2 Å². The van der Waals surface area contributed by atoms with Gasteiger partial charge in [0.2, 0.25) is 0 Å². The number of nitrogens with one attached hydrogen (secondary N) is 1. The molecule has 1 fully saturated rings. The van der Waals surface area contributed by atoms with Gasteiger partial charge in [-0.25, -0.2) is 0 Å². The van der Waals surface area contributed by atoms with E-state index in [9.17, 15) is 4.79 Å². The third-order valence-corrected chi connectivity index (χ3v) is 5.21. The van der Waals surface area contributed by atoms with Crippen molar-refractivity contribution < 1.29 is 4.79 Å². The average Bonchev–Trinajstić information content (AvgIpc) is 2.69. The lowest BCUT2D eigenvalue weighted by atomic mass is 9.91. The van der Waals surface area contributed by atoms with Crippen LogP contribution in [-0.2, 0) is 13.1 Å². The summed E-state index contributed by atoms with van der Waals surface area (Å²) in [6.07, 6.45) is 2.45. The highest BCUT2D eigenvalue weighted by Gasteiger charge is 2.17. The molecule has 0 aliphatic carbocycles. The number of carbonyl (C=O) groups excluding carboxylic acids is 1. The van der Waals surface area contributed by atoms with Gasteiger partial charge in [0.15, 0.2) is 0 Å². The normalized spacial score (nSPS) is 17.1. The zero-order chi connectivity index (χ0) is 19.2. The predicted molar refractivity (Wildman–Crippen MR) is 111 cm³/mol. The third-order valence-electron chi connectivity index (χ3n) is 5.21. The summed E-state index contributed by atoms with van der Waals surface area (Å²) in [7, 11) is 6.00. The zero-order valence-corrected chi connectivity index (χ0v) is 16.7. The van der Waals surface area contributed by atoms with E-state index in [0.717, 1.165) is 30.8 Å². The number of benzene rings is 2. The lowest BCUT2D eigenvalue weighted by Crippen LogP contribution is -2.28. The number of carbonyl (C=O) groups is 1. The minimum Gasteiger partial charge on any atom is -0.337 e. The first-order chi connectivity index (χ1) is 13.0. The van der Waals surface area contributed by atoms with Crippen molar-refractivity contribution in [2.45, 2.75) is 31.8 Å². The minimum absolute atomic E-state index is 0.0701. The third kappa shape index (κ3) is 5.41. The first kappa shape index (κ1) is 19.6. The highest BCUT2D eigenvalue weighted by molar-refractivity contribution is 5.94. The predicted octanol–water partition coefficient (Wildman–Crippen LogP) is 3.49. The Balaban J connectivity index is 1.59. The molecule has 0 unspecified atom stereocenters. The molecule has 0 aromatic heterocycles. The Hall–Kier alpha value is -2.17. The first-order valence-electron chi connectivity index (χ1n) is 9.81. The molecule has 1 aliphatic heterocycles. The Bertz CT molecular complexity index is 731. The summed E-state index contributed by atoms with van der Waals surface area (Å²) in [5.74, 6) is 0.641. The van der Waals surface area contributed by atoms with Gasteiger partial charge in [-0.2, -0.15) is 0 Å². The van der Waals surface area contributed by atoms with E-state index in [1.807, 2.05) is 19.2 Å². The topological polar surface area (TPSA) is 35.6 Å². The molecule has 3 rings (SSSR count). The van der Waals surface area contributed by atoms with Gasteiger partial charge in [0.25, 0.3) is 5.91 Å². The number of hydrogen-bond donors (Lipinski definition) is 1. The van der Waals surface area contributed by atoms with Crippen LogP contribution in [0.3, 0.4) is 0 Å². The molecule has 1 N–H and O–H groups in total. The lowest BCUT2D eigenvalue weighted by Gasteiger charge is -2.23. The molecule has 2 aromatic carbocycles. The van der Waals surface area contributed by atoms with Crippen LogP contribution < -0.4 is 5.32 Å². The molecule has 0 spiro atoms. The standard InChI is InChI=1S/C23H31N3O/c1-25(2)16-18-6-8-19(9-7-18)17-26(3)23(27)21-12-10-20(11-13-21)22-5-4-14-24-15-22/h6-13,22,24H,4-5,14-17H2,1-3H3/t22-/m0/s1. The molecule has 1 saturated heterocycles. The van der Waals surface area contributed by atoms with Gasteiger partial charge >= 0.3 is 0 Å². The monoisotopic (exact) mass is 365 g/mol. The largest absolute Gasteiger partial charge is 0.337 e. The fourth-order valence-corrected chi connectivity index (χ4v) is 3.72. The Morgan fingerprint density at radius 2 is 1.59 bits per heavy atom. The maximum atomic E-state index is 12.8. The van der Waals surface area contributed by atoms with E-state index in [4.69, 9.17) is 0 Å². The molecule has 0 bridgehead atoms. The minimum atomic E-state index is 0.0701. The molecule has 1 aliphatic rings. The molecular weight excluding hydrogens is 334 g/mol. The van der Waals surface area contributed by atoms with E-state index >= 15 is 0 Å². The molecular formula is C23H31N3O. The van der Waals surface area contributed by atoms with Crippen molar-refractivity contribution in [3.8, 4) is 0 Å². The maximum Gasteiger partial charge on any atom is 0.253 e. The summed E-state index contributed by atoms with van der Waals surface area (Å²) in [6.45, 7) is 3.71. The number of rotatable bonds is 6. The van der Waals surface area contributed by atoms with Crippen molar-refractivity contribution in [3.63, 3.8) is 0 Å². The Labute approximate surface area is 163 Å². The molecule has 2 aromatic rings. The molecule has 4 nitrogen and oxygen atoms in total. The second-order valence-corrected chi connectivity index (χ2v) is 7.88. The molecule has 0 saturated carbocycles. The van der Waals surface area contributed by atoms with Gasteiger partial charge in [-0.1, -0.05) is 36.4 Å². The Kier molecular flexibility index (Phi) is 6.64. The summed E-state index contributed by atoms with van der Waals surface area (Å²) < 4.78 is 0. The molecule has 27 heavy (non-hydrogen) atoms. The molecule has 1 atom stereocenters. The SMILES string of the molecule is CN(C)Cc1ccc(CN(C)C(=O)c2ccc([C@H]3CCCNC3)cc2)cc1. The average molecular weight is 366 g/mol. The fourth-order valence-electron chi connectivity index (χ4n) is 3.72. The van der Waals surface area contributed by atoms with Gasteiger partial charge in [0.1, 0.15) is 0 Å². The Morgan fingerprint density at radius 3 is 2.15 bits per heavy atom. The second kappa shape index (κ2) is 9.16. The van der Waals surface area contributed by atoms with Gasteiger partial charge < -0.3 is 15.1 Å². The van der Waals surface area contributed by atoms with E-state index in [-0.39, 0.29) is 5.91 Å².